The van der Waals surface area contributed by atoms with Crippen molar-refractivity contribution in [2.75, 3.05) is 5.73 Å². The molecule has 1 aliphatic heterocycles. The minimum absolute atomic E-state index is 0.0449. The summed E-state index contributed by atoms with van der Waals surface area (Å²) in [5.41, 5.74) is 10.1. The number of benzene rings is 1. The summed E-state index contributed by atoms with van der Waals surface area (Å²) < 4.78 is 0. The van der Waals surface area contributed by atoms with Gasteiger partial charge in [0.25, 0.3) is 0 Å². The van der Waals surface area contributed by atoms with E-state index in [1.54, 1.807) is 0 Å². The normalized spacial score (nSPS) is 38.1. The zero-order valence-corrected chi connectivity index (χ0v) is 16.0. The fourth-order valence-corrected chi connectivity index (χ4v) is 6.76. The van der Waals surface area contributed by atoms with Crippen LogP contribution in [0.1, 0.15) is 63.5 Å². The van der Waals surface area contributed by atoms with Gasteiger partial charge >= 0.3 is 0 Å². The maximum atomic E-state index is 13.5. The van der Waals surface area contributed by atoms with E-state index in [-0.39, 0.29) is 11.0 Å². The van der Waals surface area contributed by atoms with Gasteiger partial charge in [0.2, 0.25) is 0 Å². The van der Waals surface area contributed by atoms with Gasteiger partial charge in [0.05, 0.1) is 0 Å². The van der Waals surface area contributed by atoms with E-state index in [0.717, 1.165) is 60.4 Å². The largest absolute Gasteiger partial charge is 0.399 e. The van der Waals surface area contributed by atoms with E-state index in [1.165, 1.54) is 24.8 Å². The van der Waals surface area contributed by atoms with Crippen LogP contribution in [0.5, 0.6) is 0 Å². The Kier molecular flexibility index (Phi) is 3.39. The Morgan fingerprint density at radius 1 is 1.12 bits per heavy atom. The topological polar surface area (TPSA) is 55.1 Å². The first kappa shape index (κ1) is 16.4. The summed E-state index contributed by atoms with van der Waals surface area (Å²) >= 11 is 0. The molecule has 1 heterocycles. The van der Waals surface area contributed by atoms with Crippen molar-refractivity contribution in [1.29, 1.82) is 0 Å². The second-order valence-corrected chi connectivity index (χ2v) is 10.2. The standard InChI is InChI=1S/C23H30N2O/c1-22(2)13-17-3-4-18(24)8-19(17)20(25-22)9-21(26)23-10-14-5-15(11-23)7-16(6-14)12-23/h3-4,8-9,14-16,25H,5-7,10-13,24H2,1-2H3/b20-9+. The van der Waals surface area contributed by atoms with Crippen LogP contribution in [0.3, 0.4) is 0 Å². The second kappa shape index (κ2) is 5.37. The van der Waals surface area contributed by atoms with Crippen molar-refractivity contribution in [3.63, 3.8) is 0 Å². The fraction of sp³-hybridized carbons (Fsp3) is 0.609. The number of nitrogens with two attached hydrogens (primary N) is 1. The van der Waals surface area contributed by atoms with Crippen LogP contribution in [-0.2, 0) is 11.2 Å². The molecule has 6 rings (SSSR count). The Labute approximate surface area is 156 Å². The number of nitrogen functional groups attached to an aromatic ring is 1. The van der Waals surface area contributed by atoms with Gasteiger partial charge in [-0.3, -0.25) is 4.79 Å². The highest BCUT2D eigenvalue weighted by Gasteiger charge is 2.53. The number of hydrogen-bond donors (Lipinski definition) is 2. The summed E-state index contributed by atoms with van der Waals surface area (Å²) in [7, 11) is 0. The molecule has 4 fully saturated rings. The third-order valence-electron chi connectivity index (χ3n) is 7.37. The minimum atomic E-state index is -0.0779. The molecule has 1 aromatic rings. The lowest BCUT2D eigenvalue weighted by molar-refractivity contribution is -0.138. The molecule has 3 nitrogen and oxygen atoms in total. The molecule has 0 amide bonds. The first-order chi connectivity index (χ1) is 12.3. The summed E-state index contributed by atoms with van der Waals surface area (Å²) in [4.78, 5) is 13.5. The van der Waals surface area contributed by atoms with E-state index >= 15 is 0 Å². The van der Waals surface area contributed by atoms with Crippen LogP contribution in [-0.4, -0.2) is 11.3 Å². The van der Waals surface area contributed by atoms with Crippen LogP contribution in [0.25, 0.3) is 5.70 Å². The number of anilines is 1. The summed E-state index contributed by atoms with van der Waals surface area (Å²) in [5.74, 6) is 2.75. The SMILES string of the molecule is CC1(C)Cc2ccc(N)cc2/C(=C\C(=O)C23CC4CC(CC(C4)C2)C3)N1. The molecule has 5 aliphatic rings. The zero-order valence-electron chi connectivity index (χ0n) is 16.0. The van der Waals surface area contributed by atoms with E-state index in [0.29, 0.717) is 5.78 Å². The summed E-state index contributed by atoms with van der Waals surface area (Å²) in [6.07, 6.45) is 10.4. The van der Waals surface area contributed by atoms with Gasteiger partial charge in [0.15, 0.2) is 5.78 Å². The van der Waals surface area contributed by atoms with Gasteiger partial charge in [-0.05, 0) is 94.2 Å². The highest BCUT2D eigenvalue weighted by Crippen LogP contribution is 2.60. The van der Waals surface area contributed by atoms with Crippen LogP contribution in [0.2, 0.25) is 0 Å². The minimum Gasteiger partial charge on any atom is -0.399 e. The first-order valence-electron chi connectivity index (χ1n) is 10.3. The molecule has 4 aliphatic carbocycles. The second-order valence-electron chi connectivity index (χ2n) is 10.2. The summed E-state index contributed by atoms with van der Waals surface area (Å²) in [6, 6.07) is 6.12. The number of rotatable bonds is 2. The maximum absolute atomic E-state index is 13.5. The Morgan fingerprint density at radius 3 is 2.35 bits per heavy atom. The highest BCUT2D eigenvalue weighted by atomic mass is 16.1. The number of ketones is 1. The van der Waals surface area contributed by atoms with Crippen molar-refractivity contribution >= 4 is 17.2 Å². The highest BCUT2D eigenvalue weighted by molar-refractivity contribution is 6.01. The molecule has 3 N–H and O–H groups in total. The molecule has 4 bridgehead atoms. The molecule has 26 heavy (non-hydrogen) atoms. The number of nitrogens with one attached hydrogen (secondary N) is 1. The molecule has 3 heteroatoms. The van der Waals surface area contributed by atoms with Gasteiger partial charge in [-0.25, -0.2) is 0 Å². The van der Waals surface area contributed by atoms with Crippen molar-refractivity contribution in [3.05, 3.63) is 35.4 Å². The lowest BCUT2D eigenvalue weighted by Gasteiger charge is -2.55. The predicted octanol–water partition coefficient (Wildman–Crippen LogP) is 4.32. The quantitative estimate of drug-likeness (QED) is 0.617. The van der Waals surface area contributed by atoms with Gasteiger partial charge in [0, 0.05) is 34.0 Å². The first-order valence-corrected chi connectivity index (χ1v) is 10.3. The molecule has 0 unspecified atom stereocenters. The number of hydrogen-bond acceptors (Lipinski definition) is 3. The molecular formula is C23H30N2O. The average Bonchev–Trinajstić information content (AvgIpc) is 2.53. The van der Waals surface area contributed by atoms with Crippen LogP contribution in [0.15, 0.2) is 24.3 Å². The van der Waals surface area contributed by atoms with Gasteiger partial charge in [-0.15, -0.1) is 0 Å². The summed E-state index contributed by atoms with van der Waals surface area (Å²) in [5, 5.41) is 3.62. The van der Waals surface area contributed by atoms with Crippen molar-refractivity contribution in [3.8, 4) is 0 Å². The van der Waals surface area contributed by atoms with E-state index in [9.17, 15) is 4.79 Å². The molecule has 138 valence electrons. The Morgan fingerprint density at radius 2 is 1.73 bits per heavy atom. The molecule has 0 radical (unpaired) electrons. The number of fused-ring (bicyclic) bond motifs is 1. The number of carbonyl (C=O) groups is 1. The molecule has 0 spiro atoms. The molecule has 1 aromatic carbocycles. The number of carbonyl (C=O) groups excluding carboxylic acids is 1. The Hall–Kier alpha value is -1.77. The van der Waals surface area contributed by atoms with E-state index in [1.807, 2.05) is 18.2 Å². The van der Waals surface area contributed by atoms with E-state index in [4.69, 9.17) is 5.73 Å². The molecule has 0 atom stereocenters. The van der Waals surface area contributed by atoms with Gasteiger partial charge in [0.1, 0.15) is 0 Å². The molecular weight excluding hydrogens is 320 g/mol. The molecule has 0 saturated heterocycles. The van der Waals surface area contributed by atoms with Gasteiger partial charge in [-0.2, -0.15) is 0 Å². The van der Waals surface area contributed by atoms with Crippen LogP contribution in [0.4, 0.5) is 5.69 Å². The lowest BCUT2D eigenvalue weighted by Crippen LogP contribution is -2.50. The van der Waals surface area contributed by atoms with E-state index in [2.05, 4.69) is 25.2 Å². The fourth-order valence-electron chi connectivity index (χ4n) is 6.76. The predicted molar refractivity (Wildman–Crippen MR) is 105 cm³/mol. The Bertz CT molecular complexity index is 769. The van der Waals surface area contributed by atoms with Crippen LogP contribution in [0, 0.1) is 23.2 Å². The monoisotopic (exact) mass is 350 g/mol. The third-order valence-corrected chi connectivity index (χ3v) is 7.37. The van der Waals surface area contributed by atoms with E-state index < -0.39 is 0 Å². The van der Waals surface area contributed by atoms with Crippen LogP contribution >= 0.6 is 0 Å². The lowest BCUT2D eigenvalue weighted by atomic mass is 9.48. The third kappa shape index (κ3) is 2.59. The van der Waals surface area contributed by atoms with Gasteiger partial charge < -0.3 is 11.1 Å². The molecule has 4 saturated carbocycles. The summed E-state index contributed by atoms with van der Waals surface area (Å²) in [6.45, 7) is 4.41. The van der Waals surface area contributed by atoms with Crippen molar-refractivity contribution in [2.24, 2.45) is 23.2 Å². The van der Waals surface area contributed by atoms with Crippen molar-refractivity contribution in [1.82, 2.24) is 5.32 Å². The number of allylic oxidation sites excluding steroid dienone is 1. The Balaban J connectivity index is 1.52. The smallest absolute Gasteiger partial charge is 0.163 e. The van der Waals surface area contributed by atoms with Gasteiger partial charge in [-0.1, -0.05) is 6.07 Å². The van der Waals surface area contributed by atoms with Crippen LogP contribution < -0.4 is 11.1 Å². The van der Waals surface area contributed by atoms with Crippen molar-refractivity contribution in [2.45, 2.75) is 64.3 Å². The maximum Gasteiger partial charge on any atom is 0.163 e. The van der Waals surface area contributed by atoms with Crippen molar-refractivity contribution < 1.29 is 4.79 Å². The average molecular weight is 351 g/mol. The molecule has 0 aromatic heterocycles. The zero-order chi connectivity index (χ0) is 18.1.